The Balaban J connectivity index is 1.54. The minimum atomic E-state index is -0.284. The van der Waals surface area contributed by atoms with Crippen LogP contribution in [0.3, 0.4) is 0 Å². The highest BCUT2D eigenvalue weighted by Gasteiger charge is 2.14. The summed E-state index contributed by atoms with van der Waals surface area (Å²) in [4.78, 5) is 16.8. The minimum Gasteiger partial charge on any atom is -0.365 e. The first kappa shape index (κ1) is 18.3. The van der Waals surface area contributed by atoms with Gasteiger partial charge in [0.15, 0.2) is 11.3 Å². The molecule has 6 nitrogen and oxygen atoms in total. The van der Waals surface area contributed by atoms with Crippen LogP contribution in [0.4, 0.5) is 11.5 Å². The topological polar surface area (TPSA) is 71.3 Å². The van der Waals surface area contributed by atoms with Crippen LogP contribution in [0.5, 0.6) is 0 Å². The van der Waals surface area contributed by atoms with Gasteiger partial charge in [0.1, 0.15) is 5.82 Å². The van der Waals surface area contributed by atoms with E-state index in [1.54, 1.807) is 24.3 Å². The van der Waals surface area contributed by atoms with Crippen LogP contribution in [0, 0.1) is 0 Å². The Bertz CT molecular complexity index is 1140. The number of carbonyl (C=O) groups excluding carboxylic acids is 1. The summed E-state index contributed by atoms with van der Waals surface area (Å²) < 4.78 is 1.51. The molecule has 0 saturated heterocycles. The summed E-state index contributed by atoms with van der Waals surface area (Å²) in [7, 11) is 0. The number of para-hydroxylation sites is 1. The summed E-state index contributed by atoms with van der Waals surface area (Å²) in [5, 5.41) is 11.5. The molecule has 8 heteroatoms. The maximum absolute atomic E-state index is 12.6. The maximum Gasteiger partial charge on any atom is 0.276 e. The standard InChI is InChI=1S/C20H15Cl2N5O/c21-15-7-6-13(10-16(15)22)11-23-18-8-9-19-24-12-17(27(19)26-18)20(28)25-14-4-2-1-3-5-14/h1-10,12H,11H2,(H,23,26)(H,25,28). The second kappa shape index (κ2) is 7.88. The van der Waals surface area contributed by atoms with Gasteiger partial charge in [-0.1, -0.05) is 47.5 Å². The van der Waals surface area contributed by atoms with Crippen molar-refractivity contribution in [2.45, 2.75) is 6.54 Å². The Kier molecular flexibility index (Phi) is 5.14. The molecule has 0 aliphatic carbocycles. The molecular weight excluding hydrogens is 397 g/mol. The molecule has 4 aromatic rings. The predicted molar refractivity (Wildman–Crippen MR) is 111 cm³/mol. The molecule has 4 rings (SSSR count). The van der Waals surface area contributed by atoms with Crippen molar-refractivity contribution in [1.82, 2.24) is 14.6 Å². The first-order valence-electron chi connectivity index (χ1n) is 8.49. The average Bonchev–Trinajstić information content (AvgIpc) is 3.13. The largest absolute Gasteiger partial charge is 0.365 e. The van der Waals surface area contributed by atoms with Crippen LogP contribution in [0.25, 0.3) is 5.65 Å². The van der Waals surface area contributed by atoms with Gasteiger partial charge in [-0.15, -0.1) is 5.10 Å². The smallest absolute Gasteiger partial charge is 0.276 e. The van der Waals surface area contributed by atoms with Crippen LogP contribution in [0.2, 0.25) is 10.0 Å². The van der Waals surface area contributed by atoms with E-state index in [4.69, 9.17) is 23.2 Å². The van der Waals surface area contributed by atoms with Crippen molar-refractivity contribution in [2.75, 3.05) is 10.6 Å². The zero-order valence-corrected chi connectivity index (χ0v) is 16.1. The van der Waals surface area contributed by atoms with Gasteiger partial charge >= 0.3 is 0 Å². The lowest BCUT2D eigenvalue weighted by Crippen LogP contribution is -2.15. The third kappa shape index (κ3) is 3.93. The highest BCUT2D eigenvalue weighted by atomic mass is 35.5. The Labute approximate surface area is 171 Å². The van der Waals surface area contributed by atoms with Gasteiger partial charge in [-0.05, 0) is 42.0 Å². The Hall–Kier alpha value is -3.09. The normalized spacial score (nSPS) is 10.8. The van der Waals surface area contributed by atoms with Gasteiger partial charge in [0.05, 0.1) is 16.2 Å². The fraction of sp³-hybridized carbons (Fsp3) is 0.0500. The lowest BCUT2D eigenvalue weighted by Gasteiger charge is -2.08. The van der Waals surface area contributed by atoms with E-state index in [2.05, 4.69) is 20.7 Å². The van der Waals surface area contributed by atoms with Crippen LogP contribution in [0.15, 0.2) is 66.9 Å². The van der Waals surface area contributed by atoms with Gasteiger partial charge in [-0.2, -0.15) is 0 Å². The van der Waals surface area contributed by atoms with Gasteiger partial charge in [0, 0.05) is 12.2 Å². The van der Waals surface area contributed by atoms with Crippen molar-refractivity contribution in [3.05, 3.63) is 88.2 Å². The number of fused-ring (bicyclic) bond motifs is 1. The average molecular weight is 412 g/mol. The second-order valence-electron chi connectivity index (χ2n) is 6.05. The zero-order chi connectivity index (χ0) is 19.5. The Morgan fingerprint density at radius 3 is 2.61 bits per heavy atom. The highest BCUT2D eigenvalue weighted by Crippen LogP contribution is 2.23. The van der Waals surface area contributed by atoms with Crippen molar-refractivity contribution in [3.63, 3.8) is 0 Å². The number of hydrogen-bond donors (Lipinski definition) is 2. The zero-order valence-electron chi connectivity index (χ0n) is 14.6. The van der Waals surface area contributed by atoms with Crippen molar-refractivity contribution in [1.29, 1.82) is 0 Å². The quantitative estimate of drug-likeness (QED) is 0.489. The fourth-order valence-corrected chi connectivity index (χ4v) is 3.00. The summed E-state index contributed by atoms with van der Waals surface area (Å²) in [5.74, 6) is 0.318. The molecule has 1 amide bonds. The van der Waals surface area contributed by atoms with Crippen molar-refractivity contribution < 1.29 is 4.79 Å². The van der Waals surface area contributed by atoms with E-state index in [0.29, 0.717) is 39.4 Å². The molecule has 0 radical (unpaired) electrons. The van der Waals surface area contributed by atoms with Gasteiger partial charge in [0.2, 0.25) is 0 Å². The molecule has 0 unspecified atom stereocenters. The number of imidazole rings is 1. The lowest BCUT2D eigenvalue weighted by atomic mass is 10.2. The molecular formula is C20H15Cl2N5O. The molecule has 2 N–H and O–H groups in total. The van der Waals surface area contributed by atoms with Crippen LogP contribution in [0.1, 0.15) is 16.1 Å². The molecule has 0 atom stereocenters. The van der Waals surface area contributed by atoms with Crippen molar-refractivity contribution in [3.8, 4) is 0 Å². The highest BCUT2D eigenvalue weighted by molar-refractivity contribution is 6.42. The number of benzene rings is 2. The van der Waals surface area contributed by atoms with Crippen LogP contribution in [-0.4, -0.2) is 20.5 Å². The minimum absolute atomic E-state index is 0.284. The first-order valence-corrected chi connectivity index (χ1v) is 9.25. The monoisotopic (exact) mass is 411 g/mol. The van der Waals surface area contributed by atoms with Gasteiger partial charge in [0.25, 0.3) is 5.91 Å². The van der Waals surface area contributed by atoms with Gasteiger partial charge in [-0.25, -0.2) is 9.50 Å². The molecule has 0 aliphatic rings. The Morgan fingerprint density at radius 1 is 1.00 bits per heavy atom. The molecule has 0 saturated carbocycles. The molecule has 0 bridgehead atoms. The third-order valence-electron chi connectivity index (χ3n) is 4.08. The molecule has 0 aliphatic heterocycles. The van der Waals surface area contributed by atoms with Crippen LogP contribution < -0.4 is 10.6 Å². The number of aromatic nitrogens is 3. The molecule has 2 heterocycles. The van der Waals surface area contributed by atoms with E-state index in [1.165, 1.54) is 10.7 Å². The summed E-state index contributed by atoms with van der Waals surface area (Å²) in [6.07, 6.45) is 1.50. The summed E-state index contributed by atoms with van der Waals surface area (Å²) in [6, 6.07) is 18.3. The van der Waals surface area contributed by atoms with E-state index in [-0.39, 0.29) is 5.91 Å². The number of hydrogen-bond acceptors (Lipinski definition) is 4. The number of anilines is 2. The van der Waals surface area contributed by atoms with Gasteiger partial charge in [-0.3, -0.25) is 4.79 Å². The Morgan fingerprint density at radius 2 is 1.82 bits per heavy atom. The summed E-state index contributed by atoms with van der Waals surface area (Å²) >= 11 is 12.0. The predicted octanol–water partition coefficient (Wildman–Crippen LogP) is 4.90. The van der Waals surface area contributed by atoms with E-state index < -0.39 is 0 Å². The van der Waals surface area contributed by atoms with E-state index in [9.17, 15) is 4.79 Å². The summed E-state index contributed by atoms with van der Waals surface area (Å²) in [5.41, 5.74) is 2.59. The number of carbonyl (C=O) groups is 1. The second-order valence-corrected chi connectivity index (χ2v) is 6.87. The number of halogens is 2. The van der Waals surface area contributed by atoms with Crippen LogP contribution >= 0.6 is 23.2 Å². The van der Waals surface area contributed by atoms with E-state index in [0.717, 1.165) is 5.56 Å². The summed E-state index contributed by atoms with van der Waals surface area (Å²) in [6.45, 7) is 0.510. The van der Waals surface area contributed by atoms with Crippen molar-refractivity contribution in [2.24, 2.45) is 0 Å². The van der Waals surface area contributed by atoms with E-state index in [1.807, 2.05) is 36.4 Å². The van der Waals surface area contributed by atoms with E-state index >= 15 is 0 Å². The lowest BCUT2D eigenvalue weighted by molar-refractivity contribution is 0.102. The number of amides is 1. The molecule has 0 fully saturated rings. The fourth-order valence-electron chi connectivity index (χ4n) is 2.68. The number of rotatable bonds is 5. The number of nitrogens with one attached hydrogen (secondary N) is 2. The number of nitrogens with zero attached hydrogens (tertiary/aromatic N) is 3. The first-order chi connectivity index (χ1) is 13.6. The third-order valence-corrected chi connectivity index (χ3v) is 4.82. The molecule has 2 aromatic carbocycles. The van der Waals surface area contributed by atoms with Crippen molar-refractivity contribution >= 4 is 46.3 Å². The van der Waals surface area contributed by atoms with Crippen LogP contribution in [-0.2, 0) is 6.54 Å². The van der Waals surface area contributed by atoms with Gasteiger partial charge < -0.3 is 10.6 Å². The SMILES string of the molecule is O=C(Nc1ccccc1)c1cnc2ccc(NCc3ccc(Cl)c(Cl)c3)nn12. The molecule has 0 spiro atoms. The maximum atomic E-state index is 12.6. The molecule has 2 aromatic heterocycles. The molecule has 140 valence electrons. The molecule has 28 heavy (non-hydrogen) atoms.